The van der Waals surface area contributed by atoms with Crippen LogP contribution >= 0.6 is 15.9 Å². The predicted molar refractivity (Wildman–Crippen MR) is 59.1 cm³/mol. The summed E-state index contributed by atoms with van der Waals surface area (Å²) >= 11 is 3.53. The van der Waals surface area contributed by atoms with Gasteiger partial charge in [-0.25, -0.2) is 4.98 Å². The summed E-state index contributed by atoms with van der Waals surface area (Å²) in [5.41, 5.74) is 2.18. The van der Waals surface area contributed by atoms with Gasteiger partial charge in [-0.05, 0) is 41.4 Å². The van der Waals surface area contributed by atoms with Gasteiger partial charge in [-0.2, -0.15) is 0 Å². The standard InChI is InChI=1S/C11H10BrNO/c1-7-4-3-5-9(10(7)12)11-13-6-8(2)14-11/h3-6H,1-2H3. The van der Waals surface area contributed by atoms with Crippen molar-refractivity contribution in [3.05, 3.63) is 40.2 Å². The summed E-state index contributed by atoms with van der Waals surface area (Å²) in [5.74, 6) is 1.49. The van der Waals surface area contributed by atoms with Crippen molar-refractivity contribution in [1.82, 2.24) is 4.98 Å². The van der Waals surface area contributed by atoms with E-state index in [9.17, 15) is 0 Å². The van der Waals surface area contributed by atoms with Crippen LogP contribution in [0.4, 0.5) is 0 Å². The van der Waals surface area contributed by atoms with Gasteiger partial charge >= 0.3 is 0 Å². The summed E-state index contributed by atoms with van der Waals surface area (Å²) in [6, 6.07) is 6.03. The van der Waals surface area contributed by atoms with E-state index in [1.807, 2.05) is 32.0 Å². The van der Waals surface area contributed by atoms with E-state index in [0.29, 0.717) is 5.89 Å². The number of halogens is 1. The molecule has 0 radical (unpaired) electrons. The van der Waals surface area contributed by atoms with E-state index in [4.69, 9.17) is 4.42 Å². The Morgan fingerprint density at radius 3 is 2.71 bits per heavy atom. The molecule has 0 aliphatic rings. The molecular weight excluding hydrogens is 242 g/mol. The summed E-state index contributed by atoms with van der Waals surface area (Å²) in [4.78, 5) is 4.19. The van der Waals surface area contributed by atoms with E-state index in [1.54, 1.807) is 6.20 Å². The lowest BCUT2D eigenvalue weighted by Crippen LogP contribution is -1.82. The molecule has 1 aromatic carbocycles. The molecule has 72 valence electrons. The number of oxazole rings is 1. The molecule has 2 aromatic rings. The number of benzene rings is 1. The third-order valence-corrected chi connectivity index (χ3v) is 3.10. The first kappa shape index (κ1) is 9.46. The molecule has 0 aliphatic heterocycles. The first-order chi connectivity index (χ1) is 6.68. The van der Waals surface area contributed by atoms with Crippen LogP contribution in [0.25, 0.3) is 11.5 Å². The molecule has 2 nitrogen and oxygen atoms in total. The van der Waals surface area contributed by atoms with Crippen molar-refractivity contribution in [3.63, 3.8) is 0 Å². The average Bonchev–Trinajstić information content (AvgIpc) is 2.57. The quantitative estimate of drug-likeness (QED) is 0.773. The van der Waals surface area contributed by atoms with Crippen molar-refractivity contribution >= 4 is 15.9 Å². The van der Waals surface area contributed by atoms with Gasteiger partial charge in [0.25, 0.3) is 0 Å². The number of rotatable bonds is 1. The highest BCUT2D eigenvalue weighted by molar-refractivity contribution is 9.10. The second-order valence-electron chi connectivity index (χ2n) is 3.21. The molecule has 0 saturated heterocycles. The van der Waals surface area contributed by atoms with Crippen molar-refractivity contribution in [1.29, 1.82) is 0 Å². The molecule has 3 heteroatoms. The van der Waals surface area contributed by atoms with Crippen molar-refractivity contribution < 1.29 is 4.42 Å². The first-order valence-electron chi connectivity index (χ1n) is 4.36. The van der Waals surface area contributed by atoms with Crippen LogP contribution in [0.3, 0.4) is 0 Å². The molecule has 0 amide bonds. The molecule has 0 spiro atoms. The van der Waals surface area contributed by atoms with Crippen LogP contribution in [0, 0.1) is 13.8 Å². The van der Waals surface area contributed by atoms with Crippen molar-refractivity contribution in [2.24, 2.45) is 0 Å². The third-order valence-electron chi connectivity index (χ3n) is 2.04. The van der Waals surface area contributed by atoms with Crippen LogP contribution in [-0.2, 0) is 0 Å². The van der Waals surface area contributed by atoms with E-state index in [1.165, 1.54) is 5.56 Å². The van der Waals surface area contributed by atoms with Gasteiger partial charge < -0.3 is 4.42 Å². The summed E-state index contributed by atoms with van der Waals surface area (Å²) in [7, 11) is 0. The Morgan fingerprint density at radius 1 is 1.29 bits per heavy atom. The Balaban J connectivity index is 2.57. The maximum absolute atomic E-state index is 5.46. The molecule has 0 unspecified atom stereocenters. The second kappa shape index (κ2) is 3.58. The Bertz CT molecular complexity index is 462. The molecule has 0 saturated carbocycles. The van der Waals surface area contributed by atoms with Gasteiger partial charge in [0.2, 0.25) is 5.89 Å². The SMILES string of the molecule is Cc1cnc(-c2cccc(C)c2Br)o1. The molecule has 1 heterocycles. The Kier molecular flexibility index (Phi) is 2.42. The van der Waals surface area contributed by atoms with Crippen LogP contribution < -0.4 is 0 Å². The molecule has 0 fully saturated rings. The molecule has 0 N–H and O–H groups in total. The van der Waals surface area contributed by atoms with E-state index < -0.39 is 0 Å². The molecule has 0 atom stereocenters. The topological polar surface area (TPSA) is 26.0 Å². The second-order valence-corrected chi connectivity index (χ2v) is 4.01. The number of aryl methyl sites for hydroxylation is 2. The molecule has 1 aromatic heterocycles. The van der Waals surface area contributed by atoms with E-state index >= 15 is 0 Å². The summed E-state index contributed by atoms with van der Waals surface area (Å²) in [6.45, 7) is 3.93. The van der Waals surface area contributed by atoms with Crippen molar-refractivity contribution in [3.8, 4) is 11.5 Å². The smallest absolute Gasteiger partial charge is 0.227 e. The summed E-state index contributed by atoms with van der Waals surface area (Å²) < 4.78 is 6.51. The van der Waals surface area contributed by atoms with E-state index in [2.05, 4.69) is 20.9 Å². The third kappa shape index (κ3) is 1.60. The zero-order chi connectivity index (χ0) is 10.1. The fourth-order valence-electron chi connectivity index (χ4n) is 1.29. The number of aromatic nitrogens is 1. The van der Waals surface area contributed by atoms with Crippen molar-refractivity contribution in [2.45, 2.75) is 13.8 Å². The molecule has 0 bridgehead atoms. The highest BCUT2D eigenvalue weighted by Crippen LogP contribution is 2.29. The number of hydrogen-bond acceptors (Lipinski definition) is 2. The lowest BCUT2D eigenvalue weighted by atomic mass is 10.1. The summed E-state index contributed by atoms with van der Waals surface area (Å²) in [6.07, 6.45) is 1.73. The Labute approximate surface area is 91.1 Å². The first-order valence-corrected chi connectivity index (χ1v) is 5.15. The van der Waals surface area contributed by atoms with Gasteiger partial charge in [-0.1, -0.05) is 12.1 Å². The lowest BCUT2D eigenvalue weighted by molar-refractivity contribution is 0.542. The molecule has 2 rings (SSSR count). The predicted octanol–water partition coefficient (Wildman–Crippen LogP) is 3.72. The molecule has 0 aliphatic carbocycles. The molecular formula is C11H10BrNO. The fourth-order valence-corrected chi connectivity index (χ4v) is 1.73. The van der Waals surface area contributed by atoms with Crippen LogP contribution in [0.1, 0.15) is 11.3 Å². The lowest BCUT2D eigenvalue weighted by Gasteiger charge is -2.02. The van der Waals surface area contributed by atoms with E-state index in [-0.39, 0.29) is 0 Å². The zero-order valence-electron chi connectivity index (χ0n) is 8.04. The number of hydrogen-bond donors (Lipinski definition) is 0. The van der Waals surface area contributed by atoms with Gasteiger partial charge in [0, 0.05) is 4.47 Å². The maximum atomic E-state index is 5.46. The van der Waals surface area contributed by atoms with Gasteiger partial charge in [0.15, 0.2) is 0 Å². The summed E-state index contributed by atoms with van der Waals surface area (Å²) in [5, 5.41) is 0. The van der Waals surface area contributed by atoms with Gasteiger partial charge in [0.1, 0.15) is 5.76 Å². The van der Waals surface area contributed by atoms with Crippen LogP contribution in [0.15, 0.2) is 33.3 Å². The number of nitrogens with zero attached hydrogens (tertiary/aromatic N) is 1. The highest BCUT2D eigenvalue weighted by atomic mass is 79.9. The minimum atomic E-state index is 0.665. The Hall–Kier alpha value is -1.09. The maximum Gasteiger partial charge on any atom is 0.227 e. The Morgan fingerprint density at radius 2 is 2.07 bits per heavy atom. The minimum absolute atomic E-state index is 0.665. The largest absolute Gasteiger partial charge is 0.441 e. The molecule has 14 heavy (non-hydrogen) atoms. The van der Waals surface area contributed by atoms with Crippen LogP contribution in [0.5, 0.6) is 0 Å². The monoisotopic (exact) mass is 251 g/mol. The van der Waals surface area contributed by atoms with Crippen LogP contribution in [0.2, 0.25) is 0 Å². The fraction of sp³-hybridized carbons (Fsp3) is 0.182. The normalized spacial score (nSPS) is 10.5. The van der Waals surface area contributed by atoms with Gasteiger partial charge in [-0.15, -0.1) is 0 Å². The van der Waals surface area contributed by atoms with Crippen molar-refractivity contribution in [2.75, 3.05) is 0 Å². The van der Waals surface area contributed by atoms with Crippen LogP contribution in [-0.4, -0.2) is 4.98 Å². The van der Waals surface area contributed by atoms with Gasteiger partial charge in [0.05, 0.1) is 11.8 Å². The highest BCUT2D eigenvalue weighted by Gasteiger charge is 2.09. The zero-order valence-corrected chi connectivity index (χ0v) is 9.63. The van der Waals surface area contributed by atoms with Gasteiger partial charge in [-0.3, -0.25) is 0 Å². The van der Waals surface area contributed by atoms with E-state index in [0.717, 1.165) is 15.8 Å². The average molecular weight is 252 g/mol. The minimum Gasteiger partial charge on any atom is -0.441 e.